The van der Waals surface area contributed by atoms with E-state index in [0.29, 0.717) is 6.54 Å². The van der Waals surface area contributed by atoms with Crippen LogP contribution in [0.25, 0.3) is 16.6 Å². The van der Waals surface area contributed by atoms with Crippen molar-refractivity contribution in [2.75, 3.05) is 6.54 Å². The minimum atomic E-state index is 0.606. The number of aromatic nitrogens is 4. The van der Waals surface area contributed by atoms with Crippen LogP contribution >= 0.6 is 0 Å². The number of pyridine rings is 2. The minimum Gasteiger partial charge on any atom is -0.330 e. The Labute approximate surface area is 104 Å². The number of fused-ring (bicyclic) bond motifs is 1. The van der Waals surface area contributed by atoms with Gasteiger partial charge >= 0.3 is 0 Å². The summed E-state index contributed by atoms with van der Waals surface area (Å²) in [5, 5.41) is 7.92. The summed E-state index contributed by atoms with van der Waals surface area (Å²) in [6, 6.07) is 8.07. The van der Waals surface area contributed by atoms with E-state index in [-0.39, 0.29) is 0 Å². The van der Waals surface area contributed by atoms with Gasteiger partial charge in [0.2, 0.25) is 0 Å². The highest BCUT2D eigenvalue weighted by Crippen LogP contribution is 2.23. The lowest BCUT2D eigenvalue weighted by atomic mass is 10.1. The van der Waals surface area contributed by atoms with Crippen molar-refractivity contribution in [3.8, 4) is 11.1 Å². The van der Waals surface area contributed by atoms with Crippen LogP contribution < -0.4 is 5.73 Å². The van der Waals surface area contributed by atoms with Crippen LogP contribution in [0.15, 0.2) is 42.9 Å². The van der Waals surface area contributed by atoms with E-state index < -0.39 is 0 Å². The summed E-state index contributed by atoms with van der Waals surface area (Å²) in [6.07, 6.45) is 6.24. The third kappa shape index (κ3) is 1.84. The van der Waals surface area contributed by atoms with E-state index in [4.69, 9.17) is 5.73 Å². The van der Waals surface area contributed by atoms with Gasteiger partial charge in [-0.25, -0.2) is 4.52 Å². The van der Waals surface area contributed by atoms with Gasteiger partial charge < -0.3 is 5.73 Å². The van der Waals surface area contributed by atoms with Crippen LogP contribution in [0.1, 0.15) is 5.69 Å². The Morgan fingerprint density at radius 1 is 1.28 bits per heavy atom. The molecule has 0 amide bonds. The van der Waals surface area contributed by atoms with Gasteiger partial charge in [-0.1, -0.05) is 11.3 Å². The van der Waals surface area contributed by atoms with E-state index in [1.807, 2.05) is 24.5 Å². The Morgan fingerprint density at radius 2 is 2.22 bits per heavy atom. The van der Waals surface area contributed by atoms with E-state index in [9.17, 15) is 0 Å². The van der Waals surface area contributed by atoms with Crippen molar-refractivity contribution in [2.45, 2.75) is 6.42 Å². The molecule has 5 heteroatoms. The SMILES string of the molecule is NCCc1cc(-c2cccn3nncc23)ccn1. The van der Waals surface area contributed by atoms with Crippen LogP contribution in [-0.4, -0.2) is 26.4 Å². The quantitative estimate of drug-likeness (QED) is 0.747. The van der Waals surface area contributed by atoms with Crippen LogP contribution in [0.3, 0.4) is 0 Å². The summed E-state index contributed by atoms with van der Waals surface area (Å²) in [4.78, 5) is 4.30. The summed E-state index contributed by atoms with van der Waals surface area (Å²) < 4.78 is 1.76. The summed E-state index contributed by atoms with van der Waals surface area (Å²) in [5.74, 6) is 0. The fraction of sp³-hybridized carbons (Fsp3) is 0.154. The van der Waals surface area contributed by atoms with Gasteiger partial charge in [0.05, 0.1) is 11.7 Å². The number of nitrogens with zero attached hydrogens (tertiary/aromatic N) is 4. The first-order valence-corrected chi connectivity index (χ1v) is 5.83. The fourth-order valence-corrected chi connectivity index (χ4v) is 2.03. The van der Waals surface area contributed by atoms with Crippen molar-refractivity contribution < 1.29 is 0 Å². The highest BCUT2D eigenvalue weighted by molar-refractivity contribution is 5.79. The third-order valence-electron chi connectivity index (χ3n) is 2.87. The first-order chi connectivity index (χ1) is 8.88. The largest absolute Gasteiger partial charge is 0.330 e. The third-order valence-corrected chi connectivity index (χ3v) is 2.87. The molecule has 0 saturated heterocycles. The molecule has 3 aromatic heterocycles. The molecule has 0 saturated carbocycles. The van der Waals surface area contributed by atoms with Crippen molar-refractivity contribution in [3.63, 3.8) is 0 Å². The molecule has 0 aliphatic carbocycles. The second kappa shape index (κ2) is 4.54. The lowest BCUT2D eigenvalue weighted by Crippen LogP contribution is -2.04. The molecule has 0 unspecified atom stereocenters. The van der Waals surface area contributed by atoms with Crippen LogP contribution in [0.4, 0.5) is 0 Å². The van der Waals surface area contributed by atoms with Gasteiger partial charge in [0.1, 0.15) is 0 Å². The molecule has 2 N–H and O–H groups in total. The molecule has 0 fully saturated rings. The van der Waals surface area contributed by atoms with E-state index >= 15 is 0 Å². The second-order valence-corrected chi connectivity index (χ2v) is 4.06. The molecule has 0 bridgehead atoms. The molecular weight excluding hydrogens is 226 g/mol. The number of nitrogens with two attached hydrogens (primary N) is 1. The zero-order valence-corrected chi connectivity index (χ0v) is 9.82. The summed E-state index contributed by atoms with van der Waals surface area (Å²) in [6.45, 7) is 0.606. The Morgan fingerprint density at radius 3 is 3.11 bits per heavy atom. The van der Waals surface area contributed by atoms with Gasteiger partial charge in [-0.15, -0.1) is 5.10 Å². The van der Waals surface area contributed by atoms with Crippen molar-refractivity contribution in [1.82, 2.24) is 19.8 Å². The average molecular weight is 239 g/mol. The lowest BCUT2D eigenvalue weighted by molar-refractivity contribution is 0.856. The Kier molecular flexibility index (Phi) is 2.74. The molecular formula is C13H13N5. The lowest BCUT2D eigenvalue weighted by Gasteiger charge is -2.05. The number of rotatable bonds is 3. The molecule has 0 atom stereocenters. The molecule has 5 nitrogen and oxygen atoms in total. The monoisotopic (exact) mass is 239 g/mol. The zero-order chi connectivity index (χ0) is 12.4. The second-order valence-electron chi connectivity index (χ2n) is 4.06. The Balaban J connectivity index is 2.13. The highest BCUT2D eigenvalue weighted by Gasteiger charge is 2.06. The van der Waals surface area contributed by atoms with Crippen LogP contribution in [0, 0.1) is 0 Å². The van der Waals surface area contributed by atoms with Crippen LogP contribution in [-0.2, 0) is 6.42 Å². The Hall–Kier alpha value is -2.27. The standard InChI is InChI=1S/C13H13N5/c14-5-3-11-8-10(4-6-15-11)12-2-1-7-18-13(12)9-16-17-18/h1-2,4,6-9H,3,5,14H2. The Bertz CT molecular complexity index is 674. The normalized spacial score (nSPS) is 10.9. The van der Waals surface area contributed by atoms with Gasteiger partial charge in [0.15, 0.2) is 0 Å². The summed E-state index contributed by atoms with van der Waals surface area (Å²) in [5.41, 5.74) is 9.76. The van der Waals surface area contributed by atoms with Gasteiger partial charge in [-0.2, -0.15) is 0 Å². The van der Waals surface area contributed by atoms with Gasteiger partial charge in [-0.05, 0) is 30.3 Å². The van der Waals surface area contributed by atoms with Gasteiger partial charge in [0.25, 0.3) is 0 Å². The molecule has 0 aliphatic rings. The van der Waals surface area contributed by atoms with E-state index in [1.54, 1.807) is 10.7 Å². The van der Waals surface area contributed by atoms with Gasteiger partial charge in [-0.3, -0.25) is 4.98 Å². The maximum Gasteiger partial charge on any atom is 0.0943 e. The topological polar surface area (TPSA) is 69.1 Å². The maximum atomic E-state index is 5.56. The van der Waals surface area contributed by atoms with Crippen molar-refractivity contribution >= 4 is 5.52 Å². The van der Waals surface area contributed by atoms with Crippen molar-refractivity contribution in [2.24, 2.45) is 5.73 Å². The average Bonchev–Trinajstić information content (AvgIpc) is 2.87. The van der Waals surface area contributed by atoms with Crippen molar-refractivity contribution in [3.05, 3.63) is 48.5 Å². The fourth-order valence-electron chi connectivity index (χ4n) is 2.03. The number of hydrogen-bond donors (Lipinski definition) is 1. The minimum absolute atomic E-state index is 0.606. The molecule has 0 aromatic carbocycles. The predicted molar refractivity (Wildman–Crippen MR) is 69.0 cm³/mol. The molecule has 90 valence electrons. The van der Waals surface area contributed by atoms with Gasteiger partial charge in [0, 0.05) is 30.1 Å². The highest BCUT2D eigenvalue weighted by atomic mass is 15.4. The molecule has 0 spiro atoms. The van der Waals surface area contributed by atoms with Crippen LogP contribution in [0.2, 0.25) is 0 Å². The smallest absolute Gasteiger partial charge is 0.0943 e. The van der Waals surface area contributed by atoms with Crippen molar-refractivity contribution in [1.29, 1.82) is 0 Å². The summed E-state index contributed by atoms with van der Waals surface area (Å²) in [7, 11) is 0. The predicted octanol–water partition coefficient (Wildman–Crippen LogP) is 1.29. The first-order valence-electron chi connectivity index (χ1n) is 5.83. The first kappa shape index (κ1) is 10.9. The molecule has 18 heavy (non-hydrogen) atoms. The molecule has 3 rings (SSSR count). The van der Waals surface area contributed by atoms with E-state index in [2.05, 4.69) is 27.4 Å². The molecule has 3 aromatic rings. The van der Waals surface area contributed by atoms with E-state index in [0.717, 1.165) is 28.8 Å². The van der Waals surface area contributed by atoms with E-state index in [1.165, 1.54) is 0 Å². The number of hydrogen-bond acceptors (Lipinski definition) is 4. The molecule has 3 heterocycles. The molecule has 0 radical (unpaired) electrons. The summed E-state index contributed by atoms with van der Waals surface area (Å²) >= 11 is 0. The maximum absolute atomic E-state index is 5.56. The molecule has 0 aliphatic heterocycles. The zero-order valence-electron chi connectivity index (χ0n) is 9.82. The van der Waals surface area contributed by atoms with Crippen LogP contribution in [0.5, 0.6) is 0 Å².